The van der Waals surface area contributed by atoms with Gasteiger partial charge >= 0.3 is 0 Å². The Kier molecular flexibility index (Phi) is 5.16. The summed E-state index contributed by atoms with van der Waals surface area (Å²) in [5.74, 6) is 0.601. The lowest BCUT2D eigenvalue weighted by atomic mass is 9.89. The Morgan fingerprint density at radius 1 is 1.55 bits per heavy atom. The molecule has 0 aromatic carbocycles. The normalized spacial score (nSPS) is 17.4. The van der Waals surface area contributed by atoms with Crippen molar-refractivity contribution >= 4 is 22.2 Å². The number of rotatable bonds is 5. The molecule has 2 N–H and O–H groups in total. The Morgan fingerprint density at radius 3 is 3.05 bits per heavy atom. The van der Waals surface area contributed by atoms with Crippen LogP contribution in [0, 0.1) is 17.2 Å². The number of carbonyl (C=O) groups excluding carboxylic acids is 1. The van der Waals surface area contributed by atoms with Crippen molar-refractivity contribution in [3.63, 3.8) is 0 Å². The lowest BCUT2D eigenvalue weighted by molar-refractivity contribution is -0.115. The van der Waals surface area contributed by atoms with Crippen molar-refractivity contribution < 1.29 is 4.79 Å². The molecule has 1 aliphatic rings. The van der Waals surface area contributed by atoms with Crippen molar-refractivity contribution in [2.24, 2.45) is 5.92 Å². The summed E-state index contributed by atoms with van der Waals surface area (Å²) in [5.41, 5.74) is 1.84. The van der Waals surface area contributed by atoms with Gasteiger partial charge in [-0.05, 0) is 43.7 Å². The third kappa shape index (κ3) is 3.38. The van der Waals surface area contributed by atoms with Crippen LogP contribution in [0.1, 0.15) is 42.7 Å². The molecular formula is C15H21N3OS. The van der Waals surface area contributed by atoms with Gasteiger partial charge in [0.25, 0.3) is 0 Å². The molecule has 5 heteroatoms. The summed E-state index contributed by atoms with van der Waals surface area (Å²) < 4.78 is 0. The number of hydrogen-bond acceptors (Lipinski definition) is 4. The van der Waals surface area contributed by atoms with Gasteiger partial charge in [-0.1, -0.05) is 13.8 Å². The summed E-state index contributed by atoms with van der Waals surface area (Å²) in [6.07, 6.45) is 4.12. The van der Waals surface area contributed by atoms with E-state index in [4.69, 9.17) is 0 Å². The molecule has 20 heavy (non-hydrogen) atoms. The highest BCUT2D eigenvalue weighted by Crippen LogP contribution is 2.39. The number of carbonyl (C=O) groups is 1. The molecule has 1 aromatic rings. The summed E-state index contributed by atoms with van der Waals surface area (Å²) in [5, 5.41) is 16.0. The monoisotopic (exact) mass is 291 g/mol. The van der Waals surface area contributed by atoms with Crippen molar-refractivity contribution in [1.82, 2.24) is 5.32 Å². The molecule has 0 aliphatic heterocycles. The molecular weight excluding hydrogens is 270 g/mol. The highest BCUT2D eigenvalue weighted by molar-refractivity contribution is 7.16. The highest BCUT2D eigenvalue weighted by atomic mass is 32.1. The summed E-state index contributed by atoms with van der Waals surface area (Å²) >= 11 is 1.58. The average Bonchev–Trinajstić information content (AvgIpc) is 2.75. The maximum Gasteiger partial charge on any atom is 0.238 e. The van der Waals surface area contributed by atoms with Crippen molar-refractivity contribution in [1.29, 1.82) is 5.26 Å². The van der Waals surface area contributed by atoms with E-state index in [0.717, 1.165) is 42.8 Å². The van der Waals surface area contributed by atoms with E-state index in [9.17, 15) is 10.1 Å². The lowest BCUT2D eigenvalue weighted by Gasteiger charge is -2.17. The number of hydrogen-bond donors (Lipinski definition) is 2. The van der Waals surface area contributed by atoms with Crippen LogP contribution >= 0.6 is 11.3 Å². The number of nitrogens with zero attached hydrogens (tertiary/aromatic N) is 1. The van der Waals surface area contributed by atoms with Gasteiger partial charge in [0.1, 0.15) is 11.1 Å². The fourth-order valence-electron chi connectivity index (χ4n) is 2.51. The number of fused-ring (bicyclic) bond motifs is 1. The molecule has 0 radical (unpaired) electrons. The Hall–Kier alpha value is -1.38. The number of nitriles is 1. The summed E-state index contributed by atoms with van der Waals surface area (Å²) in [6.45, 7) is 5.43. The second kappa shape index (κ2) is 6.87. The Morgan fingerprint density at radius 2 is 2.35 bits per heavy atom. The molecule has 4 nitrogen and oxygen atoms in total. The van der Waals surface area contributed by atoms with Crippen LogP contribution in [0.15, 0.2) is 0 Å². The van der Waals surface area contributed by atoms with Gasteiger partial charge in [-0.3, -0.25) is 4.79 Å². The minimum Gasteiger partial charge on any atom is -0.315 e. The number of nitrogens with one attached hydrogen (secondary N) is 2. The van der Waals surface area contributed by atoms with Gasteiger partial charge < -0.3 is 10.6 Å². The second-order valence-electron chi connectivity index (χ2n) is 5.39. The van der Waals surface area contributed by atoms with Gasteiger partial charge in [0.15, 0.2) is 0 Å². The molecule has 1 aliphatic carbocycles. The zero-order valence-corrected chi connectivity index (χ0v) is 12.9. The van der Waals surface area contributed by atoms with Gasteiger partial charge in [0.2, 0.25) is 5.91 Å². The van der Waals surface area contributed by atoms with E-state index in [1.165, 1.54) is 4.88 Å². The maximum atomic E-state index is 11.9. The van der Waals surface area contributed by atoms with Gasteiger partial charge in [0.05, 0.1) is 12.1 Å². The van der Waals surface area contributed by atoms with E-state index in [2.05, 4.69) is 30.6 Å². The first-order valence-corrected chi connectivity index (χ1v) is 8.02. The first kappa shape index (κ1) is 15.0. The zero-order chi connectivity index (χ0) is 14.5. The first-order chi connectivity index (χ1) is 9.65. The molecule has 0 bridgehead atoms. The number of thiophene rings is 1. The lowest BCUT2D eigenvalue weighted by Crippen LogP contribution is -2.28. The average molecular weight is 291 g/mol. The van der Waals surface area contributed by atoms with Gasteiger partial charge in [-0.25, -0.2) is 0 Å². The van der Waals surface area contributed by atoms with Crippen LogP contribution in [-0.4, -0.2) is 19.0 Å². The molecule has 0 spiro atoms. The predicted octanol–water partition coefficient (Wildman–Crippen LogP) is 2.68. The highest BCUT2D eigenvalue weighted by Gasteiger charge is 2.24. The Balaban J connectivity index is 2.09. The SMILES string of the molecule is CCCNCC(=O)Nc1sc2c(c1C#N)CCC(C)C2. The van der Waals surface area contributed by atoms with Crippen LogP contribution in [0.5, 0.6) is 0 Å². The van der Waals surface area contributed by atoms with Gasteiger partial charge in [0, 0.05) is 4.88 Å². The van der Waals surface area contributed by atoms with Crippen LogP contribution in [0.2, 0.25) is 0 Å². The predicted molar refractivity (Wildman–Crippen MR) is 82.0 cm³/mol. The van der Waals surface area contributed by atoms with Crippen LogP contribution < -0.4 is 10.6 Å². The quantitative estimate of drug-likeness (QED) is 0.820. The third-order valence-corrected chi connectivity index (χ3v) is 4.76. The molecule has 1 amide bonds. The van der Waals surface area contributed by atoms with Crippen molar-refractivity contribution in [2.75, 3.05) is 18.4 Å². The molecule has 0 saturated heterocycles. The Bertz CT molecular complexity index is 530. The topological polar surface area (TPSA) is 64.9 Å². The molecule has 2 rings (SSSR count). The maximum absolute atomic E-state index is 11.9. The minimum absolute atomic E-state index is 0.0680. The van der Waals surface area contributed by atoms with Crippen molar-refractivity contribution in [3.8, 4) is 6.07 Å². The molecule has 1 atom stereocenters. The van der Waals surface area contributed by atoms with E-state index in [1.807, 2.05) is 0 Å². The number of anilines is 1. The van der Waals surface area contributed by atoms with E-state index >= 15 is 0 Å². The fourth-order valence-corrected chi connectivity index (χ4v) is 3.88. The van der Waals surface area contributed by atoms with Crippen LogP contribution in [0.4, 0.5) is 5.00 Å². The molecule has 0 fully saturated rings. The smallest absolute Gasteiger partial charge is 0.238 e. The number of amides is 1. The van der Waals surface area contributed by atoms with E-state index in [0.29, 0.717) is 18.0 Å². The molecule has 1 unspecified atom stereocenters. The Labute approximate surface area is 124 Å². The second-order valence-corrected chi connectivity index (χ2v) is 6.50. The largest absolute Gasteiger partial charge is 0.315 e. The standard InChI is InChI=1S/C15H21N3OS/c1-3-6-17-9-14(19)18-15-12(8-16)11-5-4-10(2)7-13(11)20-15/h10,17H,3-7,9H2,1-2H3,(H,18,19). The fraction of sp³-hybridized carbons (Fsp3) is 0.600. The third-order valence-electron chi connectivity index (χ3n) is 3.59. The van der Waals surface area contributed by atoms with Crippen LogP contribution in [0.25, 0.3) is 0 Å². The van der Waals surface area contributed by atoms with E-state index < -0.39 is 0 Å². The van der Waals surface area contributed by atoms with Gasteiger partial charge in [-0.15, -0.1) is 11.3 Å². The van der Waals surface area contributed by atoms with Gasteiger partial charge in [-0.2, -0.15) is 5.26 Å². The van der Waals surface area contributed by atoms with Crippen molar-refractivity contribution in [2.45, 2.75) is 39.5 Å². The molecule has 1 aromatic heterocycles. The summed E-state index contributed by atoms with van der Waals surface area (Å²) in [7, 11) is 0. The van der Waals surface area contributed by atoms with E-state index in [1.54, 1.807) is 11.3 Å². The minimum atomic E-state index is -0.0680. The van der Waals surface area contributed by atoms with E-state index in [-0.39, 0.29) is 5.91 Å². The summed E-state index contributed by atoms with van der Waals surface area (Å²) in [4.78, 5) is 13.1. The van der Waals surface area contributed by atoms with Crippen LogP contribution in [0.3, 0.4) is 0 Å². The summed E-state index contributed by atoms with van der Waals surface area (Å²) in [6, 6.07) is 2.27. The van der Waals surface area contributed by atoms with Crippen LogP contribution in [-0.2, 0) is 17.6 Å². The molecule has 1 heterocycles. The molecule has 108 valence electrons. The first-order valence-electron chi connectivity index (χ1n) is 7.20. The zero-order valence-electron chi connectivity index (χ0n) is 12.1. The molecule has 0 saturated carbocycles. The van der Waals surface area contributed by atoms with Crippen molar-refractivity contribution in [3.05, 3.63) is 16.0 Å².